The molecule has 1 aromatic heterocycles. The van der Waals surface area contributed by atoms with Crippen molar-refractivity contribution < 1.29 is 9.53 Å². The first-order valence-corrected chi connectivity index (χ1v) is 10.7. The second-order valence-electron chi connectivity index (χ2n) is 7.09. The maximum Gasteiger partial charge on any atom is 0.230 e. The molecule has 1 heterocycles. The minimum atomic E-state index is 0.0886. The van der Waals surface area contributed by atoms with E-state index in [1.165, 1.54) is 24.6 Å². The second kappa shape index (κ2) is 8.65. The highest BCUT2D eigenvalue weighted by Gasteiger charge is 2.17. The molecule has 1 amide bonds. The van der Waals surface area contributed by atoms with Crippen molar-refractivity contribution in [3.63, 3.8) is 0 Å². The summed E-state index contributed by atoms with van der Waals surface area (Å²) in [7, 11) is 1.66. The maximum absolute atomic E-state index is 12.3. The zero-order valence-corrected chi connectivity index (χ0v) is 16.8. The summed E-state index contributed by atoms with van der Waals surface area (Å²) >= 11 is 1.49. The van der Waals surface area contributed by atoms with Gasteiger partial charge in [0.25, 0.3) is 0 Å². The highest BCUT2D eigenvalue weighted by Crippen LogP contribution is 2.33. The number of pyridine rings is 1. The number of fused-ring (bicyclic) bond motifs is 1. The summed E-state index contributed by atoms with van der Waals surface area (Å²) in [5, 5.41) is 5.07. The summed E-state index contributed by atoms with van der Waals surface area (Å²) < 4.78 is 5.37. The topological polar surface area (TPSA) is 51.2 Å². The number of rotatable bonds is 6. The predicted molar refractivity (Wildman–Crippen MR) is 115 cm³/mol. The van der Waals surface area contributed by atoms with Gasteiger partial charge in [0.1, 0.15) is 5.75 Å². The molecule has 1 aliphatic carbocycles. The molecule has 1 N–H and O–H groups in total. The van der Waals surface area contributed by atoms with Crippen molar-refractivity contribution in [2.75, 3.05) is 12.9 Å². The van der Waals surface area contributed by atoms with Crippen LogP contribution in [0.3, 0.4) is 0 Å². The lowest BCUT2D eigenvalue weighted by atomic mass is 10.0. The van der Waals surface area contributed by atoms with Crippen molar-refractivity contribution in [3.05, 3.63) is 54.6 Å². The Labute approximate surface area is 169 Å². The summed E-state index contributed by atoms with van der Waals surface area (Å²) in [4.78, 5) is 17.1. The molecule has 0 spiro atoms. The van der Waals surface area contributed by atoms with E-state index in [1.807, 2.05) is 36.4 Å². The summed E-state index contributed by atoms with van der Waals surface area (Å²) in [6.45, 7) is 0. The number of carbonyl (C=O) groups excluding carboxylic acids is 1. The van der Waals surface area contributed by atoms with Crippen LogP contribution in [-0.2, 0) is 4.79 Å². The fraction of sp³-hybridized carbons (Fsp3) is 0.304. The minimum absolute atomic E-state index is 0.0886. The Bertz CT molecular complexity index is 969. The lowest BCUT2D eigenvalue weighted by molar-refractivity contribution is -0.119. The third kappa shape index (κ3) is 4.30. The number of ether oxygens (including phenoxy) is 1. The fourth-order valence-corrected chi connectivity index (χ4v) is 4.45. The van der Waals surface area contributed by atoms with Gasteiger partial charge in [0.05, 0.1) is 23.4 Å². The number of amides is 1. The van der Waals surface area contributed by atoms with Gasteiger partial charge in [-0.05, 0) is 42.2 Å². The highest BCUT2D eigenvalue weighted by molar-refractivity contribution is 7.99. The molecular weight excluding hydrogens is 368 g/mol. The fourth-order valence-electron chi connectivity index (χ4n) is 3.72. The molecule has 0 aliphatic heterocycles. The van der Waals surface area contributed by atoms with Gasteiger partial charge in [0.15, 0.2) is 0 Å². The van der Waals surface area contributed by atoms with Gasteiger partial charge in [-0.2, -0.15) is 0 Å². The Hall–Kier alpha value is -2.53. The quantitative estimate of drug-likeness (QED) is 0.596. The van der Waals surface area contributed by atoms with E-state index < -0.39 is 0 Å². The van der Waals surface area contributed by atoms with Crippen molar-refractivity contribution in [2.45, 2.75) is 36.8 Å². The van der Waals surface area contributed by atoms with E-state index in [2.05, 4.69) is 23.5 Å². The summed E-state index contributed by atoms with van der Waals surface area (Å²) in [5.74, 6) is 1.25. The molecule has 0 bridgehead atoms. The molecule has 0 atom stereocenters. The number of hydrogen-bond donors (Lipinski definition) is 1. The standard InChI is InChI=1S/C23H24N2O2S/c1-27-18-11-12-19-20(16-7-3-2-4-8-16)14-23(25-21(19)13-18)28-15-22(26)24-17-9-5-6-10-17/h2-4,7-8,11-14,17H,5-6,9-10,15H2,1H3,(H,24,26). The van der Waals surface area contributed by atoms with Gasteiger partial charge in [-0.1, -0.05) is 54.9 Å². The molecule has 144 valence electrons. The number of aromatic nitrogens is 1. The molecule has 2 aromatic carbocycles. The predicted octanol–water partition coefficient (Wildman–Crippen LogP) is 5.06. The summed E-state index contributed by atoms with van der Waals surface area (Å²) in [6.07, 6.45) is 4.63. The average Bonchev–Trinajstić information content (AvgIpc) is 3.24. The van der Waals surface area contributed by atoms with Crippen LogP contribution in [0, 0.1) is 0 Å². The molecule has 3 aromatic rings. The Balaban J connectivity index is 1.61. The van der Waals surface area contributed by atoms with Crippen molar-refractivity contribution in [1.29, 1.82) is 0 Å². The van der Waals surface area contributed by atoms with Crippen molar-refractivity contribution in [1.82, 2.24) is 10.3 Å². The van der Waals surface area contributed by atoms with Crippen molar-refractivity contribution >= 4 is 28.6 Å². The first-order valence-electron chi connectivity index (χ1n) is 9.69. The highest BCUT2D eigenvalue weighted by atomic mass is 32.2. The van der Waals surface area contributed by atoms with E-state index in [0.29, 0.717) is 11.8 Å². The minimum Gasteiger partial charge on any atom is -0.497 e. The SMILES string of the molecule is COc1ccc2c(-c3ccccc3)cc(SCC(=O)NC3CCCC3)nc2c1. The molecule has 0 saturated heterocycles. The van der Waals surface area contributed by atoms with Gasteiger partial charge in [-0.3, -0.25) is 4.79 Å². The van der Waals surface area contributed by atoms with Crippen LogP contribution in [0.25, 0.3) is 22.0 Å². The molecular formula is C23H24N2O2S. The number of hydrogen-bond acceptors (Lipinski definition) is 4. The van der Waals surface area contributed by atoms with Crippen LogP contribution in [0.15, 0.2) is 59.6 Å². The lowest BCUT2D eigenvalue weighted by Gasteiger charge is -2.13. The van der Waals surface area contributed by atoms with E-state index in [-0.39, 0.29) is 5.91 Å². The summed E-state index contributed by atoms with van der Waals surface area (Å²) in [6, 6.07) is 18.7. The van der Waals surface area contributed by atoms with Crippen LogP contribution in [0.4, 0.5) is 0 Å². The van der Waals surface area contributed by atoms with E-state index in [4.69, 9.17) is 9.72 Å². The summed E-state index contributed by atoms with van der Waals surface area (Å²) in [5.41, 5.74) is 3.13. The van der Waals surface area contributed by atoms with Gasteiger partial charge in [-0.25, -0.2) is 4.98 Å². The zero-order chi connectivity index (χ0) is 19.3. The Morgan fingerprint density at radius 3 is 2.68 bits per heavy atom. The molecule has 5 heteroatoms. The Morgan fingerprint density at radius 2 is 1.93 bits per heavy atom. The van der Waals surface area contributed by atoms with Crippen LogP contribution in [0.2, 0.25) is 0 Å². The number of nitrogens with one attached hydrogen (secondary N) is 1. The van der Waals surface area contributed by atoms with E-state index in [1.54, 1.807) is 7.11 Å². The molecule has 4 nitrogen and oxygen atoms in total. The number of nitrogens with zero attached hydrogens (tertiary/aromatic N) is 1. The van der Waals surface area contributed by atoms with Crippen LogP contribution < -0.4 is 10.1 Å². The number of carbonyl (C=O) groups is 1. The first kappa shape index (κ1) is 18.8. The van der Waals surface area contributed by atoms with E-state index >= 15 is 0 Å². The Morgan fingerprint density at radius 1 is 1.14 bits per heavy atom. The molecule has 1 saturated carbocycles. The second-order valence-corrected chi connectivity index (χ2v) is 8.09. The van der Waals surface area contributed by atoms with E-state index in [0.717, 1.165) is 45.6 Å². The molecule has 0 radical (unpaired) electrons. The van der Waals surface area contributed by atoms with Crippen LogP contribution in [-0.4, -0.2) is 29.8 Å². The van der Waals surface area contributed by atoms with Gasteiger partial charge in [-0.15, -0.1) is 0 Å². The van der Waals surface area contributed by atoms with Crippen LogP contribution in [0.1, 0.15) is 25.7 Å². The smallest absolute Gasteiger partial charge is 0.230 e. The number of benzene rings is 2. The first-order chi connectivity index (χ1) is 13.7. The normalized spacial score (nSPS) is 14.3. The molecule has 1 fully saturated rings. The molecule has 0 unspecified atom stereocenters. The van der Waals surface area contributed by atoms with E-state index in [9.17, 15) is 4.79 Å². The monoisotopic (exact) mass is 392 g/mol. The van der Waals surface area contributed by atoms with Gasteiger partial charge < -0.3 is 10.1 Å². The van der Waals surface area contributed by atoms with Crippen molar-refractivity contribution in [3.8, 4) is 16.9 Å². The van der Waals surface area contributed by atoms with Gasteiger partial charge in [0.2, 0.25) is 5.91 Å². The molecule has 4 rings (SSSR count). The third-order valence-corrected chi connectivity index (χ3v) is 6.06. The van der Waals surface area contributed by atoms with Crippen LogP contribution >= 0.6 is 11.8 Å². The number of thioether (sulfide) groups is 1. The van der Waals surface area contributed by atoms with Gasteiger partial charge in [0, 0.05) is 17.5 Å². The lowest BCUT2D eigenvalue weighted by Crippen LogP contribution is -2.33. The van der Waals surface area contributed by atoms with Crippen molar-refractivity contribution in [2.24, 2.45) is 0 Å². The third-order valence-electron chi connectivity index (χ3n) is 5.15. The Kier molecular flexibility index (Phi) is 5.81. The zero-order valence-electron chi connectivity index (χ0n) is 16.0. The maximum atomic E-state index is 12.3. The number of methoxy groups -OCH3 is 1. The average molecular weight is 393 g/mol. The van der Waals surface area contributed by atoms with Crippen LogP contribution in [0.5, 0.6) is 5.75 Å². The molecule has 1 aliphatic rings. The largest absolute Gasteiger partial charge is 0.497 e. The molecule has 28 heavy (non-hydrogen) atoms. The van der Waals surface area contributed by atoms with Gasteiger partial charge >= 0.3 is 0 Å².